The number of halogens is 1. The lowest BCUT2D eigenvalue weighted by Crippen LogP contribution is -2.43. The first kappa shape index (κ1) is 19.7. The maximum Gasteiger partial charge on any atom is 0.223 e. The first-order chi connectivity index (χ1) is 12.2. The normalized spacial score (nSPS) is 28.7. The van der Waals surface area contributed by atoms with Crippen molar-refractivity contribution in [2.45, 2.75) is 76.4 Å². The second-order valence-corrected chi connectivity index (χ2v) is 8.61. The minimum absolute atomic E-state index is 0. The van der Waals surface area contributed by atoms with Gasteiger partial charge in [0.1, 0.15) is 0 Å². The number of carbonyl (C=O) groups is 1. The van der Waals surface area contributed by atoms with Crippen molar-refractivity contribution in [1.29, 1.82) is 0 Å². The first-order valence-corrected chi connectivity index (χ1v) is 10.3. The van der Waals surface area contributed by atoms with Gasteiger partial charge in [-0.05, 0) is 62.8 Å². The van der Waals surface area contributed by atoms with Gasteiger partial charge in [-0.15, -0.1) is 12.4 Å². The third kappa shape index (κ3) is 4.43. The summed E-state index contributed by atoms with van der Waals surface area (Å²) in [6.07, 6.45) is 9.68. The van der Waals surface area contributed by atoms with Gasteiger partial charge < -0.3 is 10.2 Å². The summed E-state index contributed by atoms with van der Waals surface area (Å²) in [7, 11) is 0. The van der Waals surface area contributed by atoms with E-state index in [2.05, 4.69) is 47.5 Å². The number of benzene rings is 1. The molecule has 4 rings (SSSR count). The summed E-state index contributed by atoms with van der Waals surface area (Å²) in [5, 5.41) is 3.70. The van der Waals surface area contributed by atoms with Gasteiger partial charge in [0.25, 0.3) is 0 Å². The van der Waals surface area contributed by atoms with E-state index in [9.17, 15) is 4.79 Å². The van der Waals surface area contributed by atoms with Crippen molar-refractivity contribution in [2.24, 2.45) is 11.8 Å². The van der Waals surface area contributed by atoms with Crippen LogP contribution in [0.25, 0.3) is 0 Å². The van der Waals surface area contributed by atoms with E-state index in [1.165, 1.54) is 50.5 Å². The van der Waals surface area contributed by atoms with Crippen LogP contribution in [0.3, 0.4) is 0 Å². The van der Waals surface area contributed by atoms with Crippen LogP contribution in [0.15, 0.2) is 30.3 Å². The van der Waals surface area contributed by atoms with Crippen molar-refractivity contribution in [3.63, 3.8) is 0 Å². The fourth-order valence-electron chi connectivity index (χ4n) is 5.05. The molecule has 3 aliphatic rings. The van der Waals surface area contributed by atoms with Gasteiger partial charge in [0.15, 0.2) is 0 Å². The zero-order valence-electron chi connectivity index (χ0n) is 15.9. The maximum absolute atomic E-state index is 13.2. The summed E-state index contributed by atoms with van der Waals surface area (Å²) < 4.78 is 0. The molecule has 0 aromatic heterocycles. The second kappa shape index (κ2) is 8.75. The molecule has 144 valence electrons. The molecule has 3 unspecified atom stereocenters. The van der Waals surface area contributed by atoms with Crippen molar-refractivity contribution in [1.82, 2.24) is 10.2 Å². The zero-order chi connectivity index (χ0) is 17.2. The lowest BCUT2D eigenvalue weighted by molar-refractivity contribution is -0.136. The van der Waals surface area contributed by atoms with Crippen molar-refractivity contribution >= 4 is 18.3 Å². The van der Waals surface area contributed by atoms with Gasteiger partial charge >= 0.3 is 0 Å². The molecule has 3 atom stereocenters. The molecule has 1 aliphatic carbocycles. The lowest BCUT2D eigenvalue weighted by atomic mass is 9.84. The van der Waals surface area contributed by atoms with E-state index in [0.717, 1.165) is 18.9 Å². The molecule has 1 amide bonds. The van der Waals surface area contributed by atoms with Gasteiger partial charge in [0.2, 0.25) is 5.91 Å². The Kier molecular flexibility index (Phi) is 6.63. The molecule has 3 fully saturated rings. The van der Waals surface area contributed by atoms with E-state index in [0.29, 0.717) is 23.9 Å². The zero-order valence-corrected chi connectivity index (χ0v) is 16.7. The number of hydrogen-bond donors (Lipinski definition) is 1. The number of hydrogen-bond acceptors (Lipinski definition) is 2. The Morgan fingerprint density at radius 1 is 1.08 bits per heavy atom. The summed E-state index contributed by atoms with van der Waals surface area (Å²) in [5.74, 6) is 1.69. The van der Waals surface area contributed by atoms with Crippen LogP contribution >= 0.6 is 12.4 Å². The molecule has 2 aliphatic heterocycles. The molecular weight excluding hydrogens is 344 g/mol. The fraction of sp³-hybridized carbons (Fsp3) is 0.682. The number of piperidine rings is 1. The smallest absolute Gasteiger partial charge is 0.223 e. The third-order valence-corrected chi connectivity index (χ3v) is 6.78. The second-order valence-electron chi connectivity index (χ2n) is 8.61. The van der Waals surface area contributed by atoms with Crippen molar-refractivity contribution < 1.29 is 4.79 Å². The molecule has 4 heteroatoms. The van der Waals surface area contributed by atoms with Gasteiger partial charge in [0.05, 0.1) is 6.04 Å². The van der Waals surface area contributed by atoms with Gasteiger partial charge in [-0.25, -0.2) is 0 Å². The summed E-state index contributed by atoms with van der Waals surface area (Å²) in [6, 6.07) is 12.1. The molecule has 3 nitrogen and oxygen atoms in total. The van der Waals surface area contributed by atoms with Crippen molar-refractivity contribution in [2.75, 3.05) is 6.54 Å². The van der Waals surface area contributed by atoms with Crippen molar-refractivity contribution in [3.8, 4) is 0 Å². The van der Waals surface area contributed by atoms with Crippen LogP contribution in [0.4, 0.5) is 0 Å². The Morgan fingerprint density at radius 3 is 2.31 bits per heavy atom. The minimum atomic E-state index is 0. The quantitative estimate of drug-likeness (QED) is 0.779. The molecule has 0 radical (unpaired) electrons. The van der Waals surface area contributed by atoms with Crippen LogP contribution in [-0.2, 0) is 4.79 Å². The molecule has 0 spiro atoms. The summed E-state index contributed by atoms with van der Waals surface area (Å²) >= 11 is 0. The van der Waals surface area contributed by atoms with Gasteiger partial charge in [-0.3, -0.25) is 4.79 Å². The SMILES string of the molecule is CC(c1ccccc1)N(CC1CCC1)C(=O)CC1CC2CCC(C1)N2.Cl. The highest BCUT2D eigenvalue weighted by molar-refractivity contribution is 5.85. The summed E-state index contributed by atoms with van der Waals surface area (Å²) in [5.41, 5.74) is 1.26. The highest BCUT2D eigenvalue weighted by Crippen LogP contribution is 2.35. The molecule has 2 saturated heterocycles. The molecule has 2 heterocycles. The minimum Gasteiger partial charge on any atom is -0.336 e. The molecule has 2 bridgehead atoms. The van der Waals surface area contributed by atoms with Gasteiger partial charge in [-0.2, -0.15) is 0 Å². The standard InChI is InChI=1S/C22H32N2O.ClH/c1-16(19-8-3-2-4-9-19)24(15-17-6-5-7-17)22(25)14-18-12-20-10-11-21(13-18)23-20;/h2-4,8-9,16-18,20-21,23H,5-7,10-15H2,1H3;1H. The Bertz CT molecular complexity index is 577. The van der Waals surface area contributed by atoms with E-state index in [4.69, 9.17) is 0 Å². The number of rotatable bonds is 6. The third-order valence-electron chi connectivity index (χ3n) is 6.78. The number of nitrogens with zero attached hydrogens (tertiary/aromatic N) is 1. The largest absolute Gasteiger partial charge is 0.336 e. The maximum atomic E-state index is 13.2. The molecule has 1 aromatic rings. The number of nitrogens with one attached hydrogen (secondary N) is 1. The van der Waals surface area contributed by atoms with E-state index in [-0.39, 0.29) is 18.4 Å². The first-order valence-electron chi connectivity index (χ1n) is 10.3. The molecule has 1 aromatic carbocycles. The van der Waals surface area contributed by atoms with E-state index < -0.39 is 0 Å². The van der Waals surface area contributed by atoms with Crippen LogP contribution in [0.2, 0.25) is 0 Å². The molecule has 26 heavy (non-hydrogen) atoms. The van der Waals surface area contributed by atoms with Gasteiger partial charge in [-0.1, -0.05) is 36.8 Å². The highest BCUT2D eigenvalue weighted by Gasteiger charge is 2.36. The van der Waals surface area contributed by atoms with Crippen LogP contribution in [0, 0.1) is 11.8 Å². The van der Waals surface area contributed by atoms with E-state index in [1.54, 1.807) is 0 Å². The predicted octanol–water partition coefficient (Wildman–Crippen LogP) is 4.72. The number of amides is 1. The molecule has 1 saturated carbocycles. The highest BCUT2D eigenvalue weighted by atomic mass is 35.5. The van der Waals surface area contributed by atoms with Crippen LogP contribution in [0.1, 0.15) is 69.9 Å². The molecule has 1 N–H and O–H groups in total. The summed E-state index contributed by atoms with van der Waals surface area (Å²) in [6.45, 7) is 3.16. The molecular formula is C22H33ClN2O. The van der Waals surface area contributed by atoms with E-state index >= 15 is 0 Å². The summed E-state index contributed by atoms with van der Waals surface area (Å²) in [4.78, 5) is 15.4. The average molecular weight is 377 g/mol. The Hall–Kier alpha value is -1.06. The fourth-order valence-corrected chi connectivity index (χ4v) is 5.05. The lowest BCUT2D eigenvalue weighted by Gasteiger charge is -2.38. The topological polar surface area (TPSA) is 32.3 Å². The monoisotopic (exact) mass is 376 g/mol. The Labute approximate surface area is 164 Å². The van der Waals surface area contributed by atoms with Crippen molar-refractivity contribution in [3.05, 3.63) is 35.9 Å². The number of carbonyl (C=O) groups excluding carboxylic acids is 1. The van der Waals surface area contributed by atoms with Crippen LogP contribution in [0.5, 0.6) is 0 Å². The van der Waals surface area contributed by atoms with Crippen LogP contribution < -0.4 is 5.32 Å². The average Bonchev–Trinajstić information content (AvgIpc) is 2.92. The predicted molar refractivity (Wildman–Crippen MR) is 108 cm³/mol. The number of fused-ring (bicyclic) bond motifs is 2. The van der Waals surface area contributed by atoms with Crippen LogP contribution in [-0.4, -0.2) is 29.4 Å². The van der Waals surface area contributed by atoms with Gasteiger partial charge in [0, 0.05) is 25.0 Å². The Balaban J connectivity index is 0.00000196. The Morgan fingerprint density at radius 2 is 1.73 bits per heavy atom. The van der Waals surface area contributed by atoms with E-state index in [1.807, 2.05) is 0 Å².